The van der Waals surface area contributed by atoms with E-state index >= 15 is 0 Å². The van der Waals surface area contributed by atoms with Gasteiger partial charge in [-0.2, -0.15) is 11.8 Å². The summed E-state index contributed by atoms with van der Waals surface area (Å²) in [6.07, 6.45) is 5.87. The predicted molar refractivity (Wildman–Crippen MR) is 88.1 cm³/mol. The molecular formula is C17H22N2S. The molecule has 0 spiro atoms. The Kier molecular flexibility index (Phi) is 5.21. The quantitative estimate of drug-likeness (QED) is 0.871. The molecule has 1 atom stereocenters. The van der Waals surface area contributed by atoms with Crippen LogP contribution in [0.2, 0.25) is 0 Å². The third-order valence-corrected chi connectivity index (χ3v) is 4.71. The van der Waals surface area contributed by atoms with E-state index in [0.29, 0.717) is 0 Å². The van der Waals surface area contributed by atoms with Crippen LogP contribution in [-0.4, -0.2) is 22.5 Å². The third kappa shape index (κ3) is 4.09. The van der Waals surface area contributed by atoms with E-state index < -0.39 is 0 Å². The van der Waals surface area contributed by atoms with E-state index in [4.69, 9.17) is 0 Å². The van der Waals surface area contributed by atoms with Gasteiger partial charge in [-0.25, -0.2) is 0 Å². The van der Waals surface area contributed by atoms with Gasteiger partial charge in [0.15, 0.2) is 0 Å². The monoisotopic (exact) mass is 286 g/mol. The highest BCUT2D eigenvalue weighted by molar-refractivity contribution is 7.99. The highest BCUT2D eigenvalue weighted by Gasteiger charge is 2.20. The molecule has 2 aromatic rings. The molecule has 1 heterocycles. The summed E-state index contributed by atoms with van der Waals surface area (Å²) in [5, 5.41) is 3.69. The van der Waals surface area contributed by atoms with Crippen molar-refractivity contribution in [3.05, 3.63) is 66.0 Å². The molecule has 1 aromatic carbocycles. The summed E-state index contributed by atoms with van der Waals surface area (Å²) in [4.78, 5) is 4.11. The van der Waals surface area contributed by atoms with Gasteiger partial charge in [-0.1, -0.05) is 30.3 Å². The lowest BCUT2D eigenvalue weighted by molar-refractivity contribution is 0.542. The van der Waals surface area contributed by atoms with Gasteiger partial charge < -0.3 is 5.32 Å². The number of aromatic nitrogens is 1. The minimum Gasteiger partial charge on any atom is -0.305 e. The number of hydrogen-bond acceptors (Lipinski definition) is 3. The van der Waals surface area contributed by atoms with Crippen LogP contribution in [0.4, 0.5) is 0 Å². The van der Waals surface area contributed by atoms with Crippen LogP contribution in [-0.2, 0) is 0 Å². The number of thioether (sulfide) groups is 1. The largest absolute Gasteiger partial charge is 0.305 e. The minimum atomic E-state index is 0.214. The number of hydrogen-bond donors (Lipinski definition) is 1. The summed E-state index contributed by atoms with van der Waals surface area (Å²) < 4.78 is 0.222. The van der Waals surface area contributed by atoms with Crippen LogP contribution in [0.25, 0.3) is 0 Å². The Balaban J connectivity index is 2.22. The summed E-state index contributed by atoms with van der Waals surface area (Å²) >= 11 is 1.88. The number of pyridine rings is 1. The van der Waals surface area contributed by atoms with Gasteiger partial charge in [0, 0.05) is 23.7 Å². The fraction of sp³-hybridized carbons (Fsp3) is 0.353. The zero-order valence-corrected chi connectivity index (χ0v) is 13.2. The van der Waals surface area contributed by atoms with E-state index in [-0.39, 0.29) is 10.8 Å². The number of rotatable bonds is 6. The Morgan fingerprint density at radius 2 is 1.65 bits per heavy atom. The van der Waals surface area contributed by atoms with Crippen molar-refractivity contribution < 1.29 is 0 Å². The van der Waals surface area contributed by atoms with Crippen LogP contribution in [0.1, 0.15) is 31.0 Å². The molecular weight excluding hydrogens is 264 g/mol. The van der Waals surface area contributed by atoms with Gasteiger partial charge in [0.25, 0.3) is 0 Å². The van der Waals surface area contributed by atoms with Gasteiger partial charge in [0.1, 0.15) is 0 Å². The average molecular weight is 286 g/mol. The Labute approximate surface area is 126 Å². The molecule has 1 N–H and O–H groups in total. The Morgan fingerprint density at radius 1 is 1.05 bits per heavy atom. The van der Waals surface area contributed by atoms with E-state index in [1.807, 2.05) is 24.2 Å². The summed E-state index contributed by atoms with van der Waals surface area (Å²) in [7, 11) is 0. The zero-order valence-electron chi connectivity index (χ0n) is 12.3. The lowest BCUT2D eigenvalue weighted by atomic mass is 9.99. The second-order valence-corrected chi connectivity index (χ2v) is 6.98. The molecule has 0 saturated heterocycles. The highest BCUT2D eigenvalue weighted by atomic mass is 32.2. The second-order valence-electron chi connectivity index (χ2n) is 5.47. The molecule has 0 radical (unpaired) electrons. The van der Waals surface area contributed by atoms with E-state index in [2.05, 4.69) is 72.9 Å². The lowest BCUT2D eigenvalue weighted by Crippen LogP contribution is -2.35. The smallest absolute Gasteiger partial charge is 0.0578 e. The summed E-state index contributed by atoms with van der Waals surface area (Å²) in [6, 6.07) is 14.9. The van der Waals surface area contributed by atoms with Crippen LogP contribution in [0.3, 0.4) is 0 Å². The van der Waals surface area contributed by atoms with Crippen molar-refractivity contribution in [2.45, 2.75) is 24.6 Å². The van der Waals surface area contributed by atoms with Crippen molar-refractivity contribution in [3.8, 4) is 0 Å². The van der Waals surface area contributed by atoms with E-state index in [1.165, 1.54) is 11.1 Å². The van der Waals surface area contributed by atoms with E-state index in [9.17, 15) is 0 Å². The molecule has 0 aliphatic rings. The van der Waals surface area contributed by atoms with Crippen LogP contribution < -0.4 is 5.32 Å². The molecule has 1 aromatic heterocycles. The molecule has 20 heavy (non-hydrogen) atoms. The van der Waals surface area contributed by atoms with E-state index in [1.54, 1.807) is 0 Å². The fourth-order valence-electron chi connectivity index (χ4n) is 2.05. The average Bonchev–Trinajstić information content (AvgIpc) is 2.49. The topological polar surface area (TPSA) is 24.9 Å². The normalized spacial score (nSPS) is 13.2. The number of nitrogens with zero attached hydrogens (tertiary/aromatic N) is 1. The number of nitrogens with one attached hydrogen (secondary N) is 1. The molecule has 0 amide bonds. The molecule has 3 heteroatoms. The first kappa shape index (κ1) is 15.1. The maximum atomic E-state index is 4.11. The van der Waals surface area contributed by atoms with Gasteiger partial charge in [-0.05, 0) is 43.4 Å². The molecule has 106 valence electrons. The highest BCUT2D eigenvalue weighted by Crippen LogP contribution is 2.25. The van der Waals surface area contributed by atoms with Gasteiger partial charge in [0.2, 0.25) is 0 Å². The van der Waals surface area contributed by atoms with Gasteiger partial charge in [-0.15, -0.1) is 0 Å². The van der Waals surface area contributed by atoms with Gasteiger partial charge in [0.05, 0.1) is 6.04 Å². The Morgan fingerprint density at radius 3 is 2.25 bits per heavy atom. The maximum Gasteiger partial charge on any atom is 0.0578 e. The lowest BCUT2D eigenvalue weighted by Gasteiger charge is -2.27. The van der Waals surface area contributed by atoms with Crippen molar-refractivity contribution in [1.29, 1.82) is 0 Å². The SMILES string of the molecule is CSC(C)(C)CNC(c1ccccc1)c1ccncc1. The summed E-state index contributed by atoms with van der Waals surface area (Å²) in [5.74, 6) is 0. The molecule has 0 fully saturated rings. The van der Waals surface area contributed by atoms with Crippen molar-refractivity contribution in [1.82, 2.24) is 10.3 Å². The molecule has 0 saturated carbocycles. The van der Waals surface area contributed by atoms with Crippen LogP contribution in [0.5, 0.6) is 0 Å². The minimum absolute atomic E-state index is 0.214. The molecule has 2 rings (SSSR count). The van der Waals surface area contributed by atoms with Gasteiger partial charge >= 0.3 is 0 Å². The Hall–Kier alpha value is -1.32. The molecule has 0 aliphatic heterocycles. The zero-order chi connectivity index (χ0) is 14.4. The molecule has 0 aliphatic carbocycles. The van der Waals surface area contributed by atoms with Crippen LogP contribution in [0.15, 0.2) is 54.9 Å². The van der Waals surface area contributed by atoms with E-state index in [0.717, 1.165) is 6.54 Å². The van der Waals surface area contributed by atoms with Crippen molar-refractivity contribution in [2.24, 2.45) is 0 Å². The summed E-state index contributed by atoms with van der Waals surface area (Å²) in [6.45, 7) is 5.48. The van der Waals surface area contributed by atoms with Crippen molar-refractivity contribution >= 4 is 11.8 Å². The third-order valence-electron chi connectivity index (χ3n) is 3.46. The van der Waals surface area contributed by atoms with Crippen molar-refractivity contribution in [2.75, 3.05) is 12.8 Å². The molecule has 2 nitrogen and oxygen atoms in total. The fourth-order valence-corrected chi connectivity index (χ4v) is 2.28. The first-order valence-electron chi connectivity index (χ1n) is 6.86. The van der Waals surface area contributed by atoms with Crippen LogP contribution in [0, 0.1) is 0 Å². The first-order valence-corrected chi connectivity index (χ1v) is 8.08. The van der Waals surface area contributed by atoms with Gasteiger partial charge in [-0.3, -0.25) is 4.98 Å². The summed E-state index contributed by atoms with van der Waals surface area (Å²) in [5.41, 5.74) is 2.54. The first-order chi connectivity index (χ1) is 9.62. The maximum absolute atomic E-state index is 4.11. The standard InChI is InChI=1S/C17H22N2S/c1-17(2,20-3)13-19-16(14-7-5-4-6-8-14)15-9-11-18-12-10-15/h4-12,16,19H,13H2,1-3H3. The van der Waals surface area contributed by atoms with Crippen LogP contribution >= 0.6 is 11.8 Å². The molecule has 1 unspecified atom stereocenters. The number of benzene rings is 1. The second kappa shape index (κ2) is 6.91. The molecule has 0 bridgehead atoms. The van der Waals surface area contributed by atoms with Crippen molar-refractivity contribution in [3.63, 3.8) is 0 Å². The predicted octanol–water partition coefficient (Wildman–Crippen LogP) is 3.90. The Bertz CT molecular complexity index is 472.